The van der Waals surface area contributed by atoms with E-state index in [1.54, 1.807) is 30.3 Å². The molecule has 7 nitrogen and oxygen atoms in total. The number of anilines is 1. The standard InChI is InChI=1S/C20H21ClN2O5S/c21-15-3-6-17(7-4-15)29(25,26)23-9-1-2-14(13-23)20(24)22-16-5-8-18-19(12-16)28-11-10-27-18/h3-8,12,14H,1-2,9-11,13H2,(H,22,24). The molecule has 2 aliphatic heterocycles. The van der Waals surface area contributed by atoms with E-state index < -0.39 is 15.9 Å². The van der Waals surface area contributed by atoms with Crippen LogP contribution in [-0.4, -0.2) is 44.9 Å². The molecule has 2 heterocycles. The molecule has 0 aromatic heterocycles. The number of fused-ring (bicyclic) bond motifs is 1. The largest absolute Gasteiger partial charge is 0.486 e. The summed E-state index contributed by atoms with van der Waals surface area (Å²) in [4.78, 5) is 12.9. The van der Waals surface area contributed by atoms with Crippen LogP contribution in [0.1, 0.15) is 12.8 Å². The SMILES string of the molecule is O=C(Nc1ccc2c(c1)OCCO2)C1CCCN(S(=O)(=O)c2ccc(Cl)cc2)C1. The van der Waals surface area contributed by atoms with Gasteiger partial charge in [0.25, 0.3) is 0 Å². The number of nitrogens with zero attached hydrogens (tertiary/aromatic N) is 1. The van der Waals surface area contributed by atoms with Gasteiger partial charge in [-0.15, -0.1) is 0 Å². The zero-order valence-corrected chi connectivity index (χ0v) is 17.2. The zero-order valence-electron chi connectivity index (χ0n) is 15.6. The molecule has 9 heteroatoms. The maximum atomic E-state index is 12.9. The van der Waals surface area contributed by atoms with E-state index in [-0.39, 0.29) is 17.3 Å². The van der Waals surface area contributed by atoms with Crippen LogP contribution in [-0.2, 0) is 14.8 Å². The molecule has 2 aliphatic rings. The lowest BCUT2D eigenvalue weighted by molar-refractivity contribution is -0.120. The van der Waals surface area contributed by atoms with Crippen molar-refractivity contribution in [3.63, 3.8) is 0 Å². The minimum Gasteiger partial charge on any atom is -0.486 e. The summed E-state index contributed by atoms with van der Waals surface area (Å²) in [5.74, 6) is 0.591. The molecule has 1 saturated heterocycles. The molecule has 0 spiro atoms. The number of ether oxygens (including phenoxy) is 2. The van der Waals surface area contributed by atoms with Crippen LogP contribution in [0.25, 0.3) is 0 Å². The van der Waals surface area contributed by atoms with Crippen LogP contribution in [0.15, 0.2) is 47.4 Å². The smallest absolute Gasteiger partial charge is 0.243 e. The van der Waals surface area contributed by atoms with E-state index in [9.17, 15) is 13.2 Å². The fourth-order valence-corrected chi connectivity index (χ4v) is 5.15. The van der Waals surface area contributed by atoms with Gasteiger partial charge in [-0.25, -0.2) is 8.42 Å². The molecule has 4 rings (SSSR count). The van der Waals surface area contributed by atoms with E-state index in [2.05, 4.69) is 5.32 Å². The van der Waals surface area contributed by atoms with Crippen molar-refractivity contribution in [1.82, 2.24) is 4.31 Å². The van der Waals surface area contributed by atoms with E-state index in [1.807, 2.05) is 0 Å². The second kappa shape index (κ2) is 8.22. The number of benzene rings is 2. The van der Waals surface area contributed by atoms with Gasteiger partial charge in [-0.3, -0.25) is 4.79 Å². The molecule has 154 valence electrons. The van der Waals surface area contributed by atoms with Gasteiger partial charge in [-0.1, -0.05) is 11.6 Å². The number of hydrogen-bond donors (Lipinski definition) is 1. The van der Waals surface area contributed by atoms with Crippen molar-refractivity contribution < 1.29 is 22.7 Å². The van der Waals surface area contributed by atoms with Crippen LogP contribution in [0.5, 0.6) is 11.5 Å². The van der Waals surface area contributed by atoms with Crippen LogP contribution in [0, 0.1) is 5.92 Å². The van der Waals surface area contributed by atoms with Crippen molar-refractivity contribution in [3.05, 3.63) is 47.5 Å². The monoisotopic (exact) mass is 436 g/mol. The quantitative estimate of drug-likeness (QED) is 0.795. The van der Waals surface area contributed by atoms with E-state index in [1.165, 1.54) is 16.4 Å². The first-order chi connectivity index (χ1) is 13.9. The maximum absolute atomic E-state index is 12.9. The first kappa shape index (κ1) is 20.0. The topological polar surface area (TPSA) is 84.9 Å². The van der Waals surface area contributed by atoms with Crippen molar-refractivity contribution in [2.24, 2.45) is 5.92 Å². The Labute approximate surface area is 174 Å². The van der Waals surface area contributed by atoms with Gasteiger partial charge in [-0.2, -0.15) is 4.31 Å². The molecular formula is C20H21ClN2O5S. The molecule has 1 fully saturated rings. The minimum atomic E-state index is -3.67. The highest BCUT2D eigenvalue weighted by Gasteiger charge is 2.33. The summed E-state index contributed by atoms with van der Waals surface area (Å²) < 4.78 is 38.2. The number of sulfonamides is 1. The average Bonchev–Trinajstić information content (AvgIpc) is 2.74. The first-order valence-electron chi connectivity index (χ1n) is 9.40. The van der Waals surface area contributed by atoms with E-state index in [0.29, 0.717) is 54.8 Å². The van der Waals surface area contributed by atoms with Gasteiger partial charge in [-0.05, 0) is 49.2 Å². The number of carbonyl (C=O) groups is 1. The molecule has 29 heavy (non-hydrogen) atoms. The Balaban J connectivity index is 1.45. The van der Waals surface area contributed by atoms with Crippen molar-refractivity contribution in [2.75, 3.05) is 31.6 Å². The Morgan fingerprint density at radius 1 is 1.07 bits per heavy atom. The number of piperidine rings is 1. The fourth-order valence-electron chi connectivity index (χ4n) is 3.50. The Morgan fingerprint density at radius 2 is 1.79 bits per heavy atom. The van der Waals surface area contributed by atoms with Crippen molar-refractivity contribution >= 4 is 33.2 Å². The number of rotatable bonds is 4. The van der Waals surface area contributed by atoms with Crippen LogP contribution < -0.4 is 14.8 Å². The summed E-state index contributed by atoms with van der Waals surface area (Å²) in [6.07, 6.45) is 1.25. The fraction of sp³-hybridized carbons (Fsp3) is 0.350. The Hall–Kier alpha value is -2.29. The molecule has 0 aliphatic carbocycles. The average molecular weight is 437 g/mol. The normalized spacial score (nSPS) is 19.6. The van der Waals surface area contributed by atoms with Gasteiger partial charge in [0.1, 0.15) is 13.2 Å². The van der Waals surface area contributed by atoms with Gasteiger partial charge >= 0.3 is 0 Å². The molecular weight excluding hydrogens is 416 g/mol. The molecule has 1 unspecified atom stereocenters. The second-order valence-electron chi connectivity index (χ2n) is 7.00. The lowest BCUT2D eigenvalue weighted by atomic mass is 9.98. The molecule has 1 amide bonds. The van der Waals surface area contributed by atoms with Gasteiger partial charge in [0.15, 0.2) is 11.5 Å². The third-order valence-corrected chi connectivity index (χ3v) is 7.15. The van der Waals surface area contributed by atoms with Gasteiger partial charge in [0.2, 0.25) is 15.9 Å². The van der Waals surface area contributed by atoms with E-state index in [4.69, 9.17) is 21.1 Å². The van der Waals surface area contributed by atoms with Crippen molar-refractivity contribution in [3.8, 4) is 11.5 Å². The summed E-state index contributed by atoms with van der Waals surface area (Å²) in [5, 5.41) is 3.34. The third-order valence-electron chi connectivity index (χ3n) is 5.02. The highest BCUT2D eigenvalue weighted by atomic mass is 35.5. The molecule has 1 N–H and O–H groups in total. The summed E-state index contributed by atoms with van der Waals surface area (Å²) in [5.41, 5.74) is 0.594. The first-order valence-corrected chi connectivity index (χ1v) is 11.2. The number of halogens is 1. The minimum absolute atomic E-state index is 0.140. The van der Waals surface area contributed by atoms with E-state index >= 15 is 0 Å². The highest BCUT2D eigenvalue weighted by molar-refractivity contribution is 7.89. The maximum Gasteiger partial charge on any atom is 0.243 e. The number of nitrogens with one attached hydrogen (secondary N) is 1. The highest BCUT2D eigenvalue weighted by Crippen LogP contribution is 2.33. The Bertz CT molecular complexity index is 1010. The van der Waals surface area contributed by atoms with Crippen LogP contribution >= 0.6 is 11.6 Å². The number of hydrogen-bond acceptors (Lipinski definition) is 5. The Kier molecular flexibility index (Phi) is 5.67. The summed E-state index contributed by atoms with van der Waals surface area (Å²) in [6.45, 7) is 1.49. The zero-order chi connectivity index (χ0) is 20.4. The molecule has 0 radical (unpaired) electrons. The predicted molar refractivity (Wildman–Crippen MR) is 109 cm³/mol. The molecule has 2 aromatic carbocycles. The third kappa shape index (κ3) is 4.34. The lowest BCUT2D eigenvalue weighted by Crippen LogP contribution is -2.43. The lowest BCUT2D eigenvalue weighted by Gasteiger charge is -2.31. The van der Waals surface area contributed by atoms with Gasteiger partial charge in [0.05, 0.1) is 10.8 Å². The molecule has 0 bridgehead atoms. The van der Waals surface area contributed by atoms with Gasteiger partial charge < -0.3 is 14.8 Å². The van der Waals surface area contributed by atoms with Crippen LogP contribution in [0.4, 0.5) is 5.69 Å². The predicted octanol–water partition coefficient (Wildman–Crippen LogP) is 3.15. The van der Waals surface area contributed by atoms with Gasteiger partial charge in [0, 0.05) is 29.9 Å². The van der Waals surface area contributed by atoms with E-state index in [0.717, 1.165) is 0 Å². The molecule has 1 atom stereocenters. The summed E-state index contributed by atoms with van der Waals surface area (Å²) >= 11 is 5.86. The molecule has 2 aromatic rings. The summed E-state index contributed by atoms with van der Waals surface area (Å²) in [7, 11) is -3.67. The van der Waals surface area contributed by atoms with Crippen LogP contribution in [0.3, 0.4) is 0 Å². The van der Waals surface area contributed by atoms with Crippen LogP contribution in [0.2, 0.25) is 5.02 Å². The second-order valence-corrected chi connectivity index (χ2v) is 9.38. The number of amides is 1. The Morgan fingerprint density at radius 3 is 2.55 bits per heavy atom. The number of carbonyl (C=O) groups excluding carboxylic acids is 1. The summed E-state index contributed by atoms with van der Waals surface area (Å²) in [6, 6.07) is 11.3. The van der Waals surface area contributed by atoms with Crippen molar-refractivity contribution in [1.29, 1.82) is 0 Å². The molecule has 0 saturated carbocycles. The van der Waals surface area contributed by atoms with Crippen molar-refractivity contribution in [2.45, 2.75) is 17.7 Å².